The monoisotopic (exact) mass is 759 g/mol. The van der Waals surface area contributed by atoms with Crippen molar-refractivity contribution in [3.8, 4) is 34.0 Å². The van der Waals surface area contributed by atoms with Crippen molar-refractivity contribution >= 4 is 35.8 Å². The third-order valence-corrected chi connectivity index (χ3v) is 10.4. The van der Waals surface area contributed by atoms with E-state index in [1.54, 1.807) is 50.6 Å². The Bertz CT molecular complexity index is 1820. The fourth-order valence-corrected chi connectivity index (χ4v) is 7.17. The number of amides is 3. The zero-order valence-electron chi connectivity index (χ0n) is 31.0. The highest BCUT2D eigenvalue weighted by Gasteiger charge is 2.30. The Morgan fingerprint density at radius 3 is 2.11 bits per heavy atom. The number of benzene rings is 3. The van der Waals surface area contributed by atoms with Crippen LogP contribution in [0.5, 0.6) is 11.5 Å². The molecule has 3 amide bonds. The van der Waals surface area contributed by atoms with Crippen LogP contribution in [0.2, 0.25) is 0 Å². The summed E-state index contributed by atoms with van der Waals surface area (Å²) in [5, 5.41) is 23.2. The minimum atomic E-state index is -0.830. The molecule has 1 saturated carbocycles. The van der Waals surface area contributed by atoms with Gasteiger partial charge in [0.2, 0.25) is 17.6 Å². The van der Waals surface area contributed by atoms with Crippen LogP contribution >= 0.6 is 12.4 Å². The first kappa shape index (κ1) is 40.1. The summed E-state index contributed by atoms with van der Waals surface area (Å²) in [7, 11) is 5.22. The van der Waals surface area contributed by atoms with E-state index < -0.39 is 6.04 Å². The molecule has 2 aliphatic rings. The zero-order valence-corrected chi connectivity index (χ0v) is 31.8. The van der Waals surface area contributed by atoms with Gasteiger partial charge in [-0.1, -0.05) is 24.3 Å². The number of likely N-dealkylation sites (tertiary alicyclic amines) is 1. The van der Waals surface area contributed by atoms with E-state index in [9.17, 15) is 14.4 Å². The molecule has 1 atom stereocenters. The molecule has 1 saturated heterocycles. The van der Waals surface area contributed by atoms with Gasteiger partial charge in [-0.2, -0.15) is 5.21 Å². The highest BCUT2D eigenvalue weighted by molar-refractivity contribution is 5.98. The molecule has 2 fully saturated rings. The molecule has 1 aliphatic heterocycles. The maximum Gasteiger partial charge on any atom is 0.251 e. The second-order valence-electron chi connectivity index (χ2n) is 14.0. The summed E-state index contributed by atoms with van der Waals surface area (Å²) in [4.78, 5) is 42.8. The maximum absolute atomic E-state index is 13.8. The van der Waals surface area contributed by atoms with Crippen molar-refractivity contribution in [2.75, 3.05) is 46.2 Å². The number of nitrogens with one attached hydrogen (secondary N) is 4. The normalized spacial score (nSPS) is 18.1. The Morgan fingerprint density at radius 1 is 0.907 bits per heavy atom. The summed E-state index contributed by atoms with van der Waals surface area (Å²) in [5.41, 5.74) is 10.0. The number of tetrazole rings is 1. The molecular formula is C39H50ClN9O5. The third-order valence-electron chi connectivity index (χ3n) is 10.4. The molecular weight excluding hydrogens is 710 g/mol. The van der Waals surface area contributed by atoms with E-state index in [1.807, 2.05) is 24.3 Å². The summed E-state index contributed by atoms with van der Waals surface area (Å²) >= 11 is 0. The summed E-state index contributed by atoms with van der Waals surface area (Å²) < 4.78 is 11.6. The van der Waals surface area contributed by atoms with Gasteiger partial charge in [0, 0.05) is 35.2 Å². The molecule has 3 aromatic carbocycles. The SMILES string of the molecule is COc1cc(C(=O)NC2CCN(C)CC2)cc(OC)c1-c1ccc(C[C@H](NC(=O)[C@H]2CC[C@H](CN)CC2)C(=O)Nc2ccc(-c3nn[nH]n3)cc2)cc1.Cl. The lowest BCUT2D eigenvalue weighted by molar-refractivity contribution is -0.130. The Kier molecular flexibility index (Phi) is 14.0. The van der Waals surface area contributed by atoms with Crippen molar-refractivity contribution in [1.29, 1.82) is 0 Å². The number of aromatic amines is 1. The summed E-state index contributed by atoms with van der Waals surface area (Å²) in [6, 6.07) is 17.6. The molecule has 54 heavy (non-hydrogen) atoms. The third kappa shape index (κ3) is 9.92. The number of piperidine rings is 1. The molecule has 14 nitrogen and oxygen atoms in total. The standard InChI is InChI=1S/C39H49N9O5.ClH/c1-48-18-16-31(17-19-48)41-38(50)29-21-33(52-2)35(34(22-29)53-3)26-8-4-24(5-9-26)20-32(43-37(49)28-10-6-25(23-40)7-11-28)39(51)42-30-14-12-27(13-15-30)36-44-46-47-45-36;/h4-5,8-9,12-15,21-22,25,28,31-32H,6-7,10-11,16-20,23,40H2,1-3H3,(H,41,50)(H,42,51)(H,43,49)(H,44,45,46,47);1H/t25-,28-,32-;/m0./s1. The van der Waals surface area contributed by atoms with Crippen LogP contribution in [0, 0.1) is 11.8 Å². The van der Waals surface area contributed by atoms with Crippen LogP contribution in [-0.4, -0.2) is 96.2 Å². The lowest BCUT2D eigenvalue weighted by Crippen LogP contribution is -2.48. The Hall–Kier alpha value is -5.05. The number of rotatable bonds is 13. The van der Waals surface area contributed by atoms with E-state index >= 15 is 0 Å². The van der Waals surface area contributed by atoms with Crippen LogP contribution in [0.25, 0.3) is 22.5 Å². The lowest BCUT2D eigenvalue weighted by Gasteiger charge is -2.29. The topological polar surface area (TPSA) is 189 Å². The summed E-state index contributed by atoms with van der Waals surface area (Å²) in [6.07, 6.45) is 5.36. The molecule has 15 heteroatoms. The predicted octanol–water partition coefficient (Wildman–Crippen LogP) is 4.23. The van der Waals surface area contributed by atoms with Crippen LogP contribution in [0.15, 0.2) is 60.7 Å². The van der Waals surface area contributed by atoms with E-state index in [1.165, 1.54) is 0 Å². The van der Waals surface area contributed by atoms with Crippen molar-refractivity contribution in [3.63, 3.8) is 0 Å². The number of carbonyl (C=O) groups excluding carboxylic acids is 3. The number of H-pyrrole nitrogens is 1. The van der Waals surface area contributed by atoms with Gasteiger partial charge in [0.05, 0.1) is 19.8 Å². The van der Waals surface area contributed by atoms with E-state index in [4.69, 9.17) is 15.2 Å². The largest absolute Gasteiger partial charge is 0.496 e. The van der Waals surface area contributed by atoms with Crippen molar-refractivity contribution in [2.24, 2.45) is 17.6 Å². The van der Waals surface area contributed by atoms with Gasteiger partial charge in [-0.25, -0.2) is 0 Å². The summed E-state index contributed by atoms with van der Waals surface area (Å²) in [6.45, 7) is 2.51. The van der Waals surface area contributed by atoms with Gasteiger partial charge in [0.15, 0.2) is 0 Å². The number of halogens is 1. The van der Waals surface area contributed by atoms with Gasteiger partial charge < -0.3 is 36.1 Å². The van der Waals surface area contributed by atoms with E-state index in [-0.39, 0.29) is 48.5 Å². The van der Waals surface area contributed by atoms with Gasteiger partial charge in [0.25, 0.3) is 5.91 Å². The molecule has 1 aromatic heterocycles. The molecule has 2 heterocycles. The van der Waals surface area contributed by atoms with E-state index in [0.29, 0.717) is 46.6 Å². The number of anilines is 1. The Labute approximate surface area is 321 Å². The number of methoxy groups -OCH3 is 2. The summed E-state index contributed by atoms with van der Waals surface area (Å²) in [5.74, 6) is 1.10. The number of nitrogens with two attached hydrogens (primary N) is 1. The van der Waals surface area contributed by atoms with Crippen molar-refractivity contribution < 1.29 is 23.9 Å². The highest BCUT2D eigenvalue weighted by atomic mass is 35.5. The Morgan fingerprint density at radius 2 is 1.54 bits per heavy atom. The van der Waals surface area contributed by atoms with Crippen molar-refractivity contribution in [1.82, 2.24) is 36.2 Å². The average molecular weight is 760 g/mol. The number of ether oxygens (including phenoxy) is 2. The minimum absolute atomic E-state index is 0. The average Bonchev–Trinajstić information content (AvgIpc) is 3.74. The maximum atomic E-state index is 13.8. The Balaban J connectivity index is 0.00000561. The second kappa shape index (κ2) is 18.8. The fourth-order valence-electron chi connectivity index (χ4n) is 7.17. The molecule has 0 unspecified atom stereocenters. The molecule has 288 valence electrons. The number of nitrogens with zero attached hydrogens (tertiary/aromatic N) is 4. The van der Waals surface area contributed by atoms with Crippen molar-refractivity contribution in [3.05, 3.63) is 71.8 Å². The number of hydrogen-bond donors (Lipinski definition) is 5. The lowest BCUT2D eigenvalue weighted by atomic mass is 9.81. The van der Waals surface area contributed by atoms with E-state index in [2.05, 4.69) is 48.5 Å². The smallest absolute Gasteiger partial charge is 0.251 e. The molecule has 6 N–H and O–H groups in total. The predicted molar refractivity (Wildman–Crippen MR) is 209 cm³/mol. The van der Waals surface area contributed by atoms with Crippen LogP contribution < -0.4 is 31.2 Å². The molecule has 6 rings (SSSR count). The van der Waals surface area contributed by atoms with Gasteiger partial charge in [-0.15, -0.1) is 22.6 Å². The van der Waals surface area contributed by atoms with Gasteiger partial charge in [0.1, 0.15) is 17.5 Å². The molecule has 0 radical (unpaired) electrons. The number of carbonyl (C=O) groups is 3. The molecule has 0 bridgehead atoms. The van der Waals surface area contributed by atoms with Crippen LogP contribution in [0.1, 0.15) is 54.4 Å². The van der Waals surface area contributed by atoms with Crippen LogP contribution in [0.4, 0.5) is 5.69 Å². The quantitative estimate of drug-likeness (QED) is 0.132. The highest BCUT2D eigenvalue weighted by Crippen LogP contribution is 2.40. The molecule has 0 spiro atoms. The van der Waals surface area contributed by atoms with Gasteiger partial charge >= 0.3 is 0 Å². The minimum Gasteiger partial charge on any atom is -0.496 e. The second-order valence-corrected chi connectivity index (χ2v) is 14.0. The first-order valence-electron chi connectivity index (χ1n) is 18.2. The molecule has 1 aliphatic carbocycles. The zero-order chi connectivity index (χ0) is 37.3. The first-order valence-corrected chi connectivity index (χ1v) is 18.2. The first-order chi connectivity index (χ1) is 25.7. The van der Waals surface area contributed by atoms with Gasteiger partial charge in [-0.3, -0.25) is 14.4 Å². The van der Waals surface area contributed by atoms with Gasteiger partial charge in [-0.05, 0) is 124 Å². The van der Waals surface area contributed by atoms with Crippen LogP contribution in [-0.2, 0) is 16.0 Å². The number of hydrogen-bond acceptors (Lipinski definition) is 10. The molecule has 4 aromatic rings. The number of aromatic nitrogens is 4. The fraction of sp³-hybridized carbons (Fsp3) is 0.436. The van der Waals surface area contributed by atoms with Crippen molar-refractivity contribution in [2.45, 2.75) is 57.0 Å². The van der Waals surface area contributed by atoms with E-state index in [0.717, 1.165) is 68.3 Å². The van der Waals surface area contributed by atoms with Crippen LogP contribution in [0.3, 0.4) is 0 Å².